The lowest BCUT2D eigenvalue weighted by molar-refractivity contribution is -0.0175. The van der Waals surface area contributed by atoms with Crippen LogP contribution in [0.3, 0.4) is 0 Å². The van der Waals surface area contributed by atoms with Gasteiger partial charge in [-0.2, -0.15) is 0 Å². The van der Waals surface area contributed by atoms with Gasteiger partial charge in [0.1, 0.15) is 0 Å². The molecule has 3 nitrogen and oxygen atoms in total. The minimum Gasteiger partial charge on any atom is -0.394 e. The zero-order chi connectivity index (χ0) is 9.90. The van der Waals surface area contributed by atoms with E-state index < -0.39 is 5.54 Å². The molecule has 78 valence electrons. The number of aliphatic hydroxyl groups is 2. The largest absolute Gasteiger partial charge is 0.394 e. The molecule has 0 bridgehead atoms. The van der Waals surface area contributed by atoms with Crippen LogP contribution >= 0.6 is 0 Å². The smallest absolute Gasteiger partial charge is 0.0644 e. The molecule has 1 rings (SSSR count). The summed E-state index contributed by atoms with van der Waals surface area (Å²) >= 11 is 0. The second-order valence-corrected chi connectivity index (χ2v) is 4.48. The Hall–Kier alpha value is -0.120. The van der Waals surface area contributed by atoms with E-state index >= 15 is 0 Å². The molecule has 1 aliphatic rings. The molecule has 1 aliphatic heterocycles. The van der Waals surface area contributed by atoms with Gasteiger partial charge in [0.25, 0.3) is 0 Å². The Morgan fingerprint density at radius 2 is 1.69 bits per heavy atom. The van der Waals surface area contributed by atoms with Crippen LogP contribution < -0.4 is 0 Å². The summed E-state index contributed by atoms with van der Waals surface area (Å²) in [5, 5.41) is 18.4. The van der Waals surface area contributed by atoms with Gasteiger partial charge in [-0.1, -0.05) is 6.92 Å². The Kier molecular flexibility index (Phi) is 3.71. The van der Waals surface area contributed by atoms with Crippen molar-refractivity contribution in [3.05, 3.63) is 0 Å². The third-order valence-electron chi connectivity index (χ3n) is 3.23. The van der Waals surface area contributed by atoms with Crippen molar-refractivity contribution in [1.29, 1.82) is 0 Å². The van der Waals surface area contributed by atoms with Gasteiger partial charge in [0.2, 0.25) is 0 Å². The van der Waals surface area contributed by atoms with E-state index in [1.165, 1.54) is 12.8 Å². The van der Waals surface area contributed by atoms with Crippen LogP contribution in [-0.4, -0.2) is 47.0 Å². The number of likely N-dealkylation sites (tertiary alicyclic amines) is 1. The van der Waals surface area contributed by atoms with Crippen LogP contribution in [0.15, 0.2) is 0 Å². The summed E-state index contributed by atoms with van der Waals surface area (Å²) in [5.41, 5.74) is -0.417. The standard InChI is InChI=1S/C10H21NO2/c1-9-3-5-11(6-4-9)10(2,7-12)8-13/h9,12-13H,3-8H2,1-2H3. The number of aliphatic hydroxyl groups excluding tert-OH is 2. The van der Waals surface area contributed by atoms with E-state index in [-0.39, 0.29) is 13.2 Å². The topological polar surface area (TPSA) is 43.7 Å². The monoisotopic (exact) mass is 187 g/mol. The van der Waals surface area contributed by atoms with Crippen molar-refractivity contribution in [3.8, 4) is 0 Å². The molecule has 0 aromatic rings. The minimum absolute atomic E-state index is 0.0396. The maximum absolute atomic E-state index is 9.20. The van der Waals surface area contributed by atoms with Crippen molar-refractivity contribution in [2.75, 3.05) is 26.3 Å². The van der Waals surface area contributed by atoms with E-state index in [1.807, 2.05) is 6.92 Å². The zero-order valence-electron chi connectivity index (χ0n) is 8.66. The molecule has 0 aromatic heterocycles. The molecule has 0 saturated carbocycles. The number of nitrogens with zero attached hydrogens (tertiary/aromatic N) is 1. The number of hydrogen-bond acceptors (Lipinski definition) is 3. The Labute approximate surface area is 80.4 Å². The average Bonchev–Trinajstić information content (AvgIpc) is 2.18. The Morgan fingerprint density at radius 1 is 1.23 bits per heavy atom. The molecule has 1 saturated heterocycles. The Bertz CT molecular complexity index is 149. The summed E-state index contributed by atoms with van der Waals surface area (Å²) < 4.78 is 0. The van der Waals surface area contributed by atoms with E-state index in [9.17, 15) is 10.2 Å². The van der Waals surface area contributed by atoms with E-state index in [4.69, 9.17) is 0 Å². The van der Waals surface area contributed by atoms with E-state index in [0.717, 1.165) is 19.0 Å². The van der Waals surface area contributed by atoms with E-state index in [2.05, 4.69) is 11.8 Å². The van der Waals surface area contributed by atoms with Gasteiger partial charge >= 0.3 is 0 Å². The maximum Gasteiger partial charge on any atom is 0.0644 e. The number of piperidine rings is 1. The van der Waals surface area contributed by atoms with Crippen LogP contribution in [0.25, 0.3) is 0 Å². The first-order valence-electron chi connectivity index (χ1n) is 5.09. The van der Waals surface area contributed by atoms with Gasteiger partial charge < -0.3 is 10.2 Å². The van der Waals surface area contributed by atoms with Crippen LogP contribution in [0.2, 0.25) is 0 Å². The molecule has 0 amide bonds. The molecular weight excluding hydrogens is 166 g/mol. The van der Waals surface area contributed by atoms with Crippen LogP contribution in [0.1, 0.15) is 26.7 Å². The molecule has 0 atom stereocenters. The summed E-state index contributed by atoms with van der Waals surface area (Å²) in [5.74, 6) is 0.790. The quantitative estimate of drug-likeness (QED) is 0.674. The lowest BCUT2D eigenvalue weighted by Crippen LogP contribution is -2.54. The Morgan fingerprint density at radius 3 is 2.08 bits per heavy atom. The normalized spacial score (nSPS) is 22.2. The molecule has 1 fully saturated rings. The van der Waals surface area contributed by atoms with Gasteiger partial charge in [0.05, 0.1) is 18.8 Å². The first-order valence-corrected chi connectivity index (χ1v) is 5.09. The first-order chi connectivity index (χ1) is 6.12. The highest BCUT2D eigenvalue weighted by molar-refractivity contribution is 4.87. The van der Waals surface area contributed by atoms with Gasteiger partial charge in [-0.15, -0.1) is 0 Å². The molecule has 3 heteroatoms. The van der Waals surface area contributed by atoms with Gasteiger partial charge in [-0.3, -0.25) is 4.90 Å². The molecule has 2 N–H and O–H groups in total. The fourth-order valence-corrected chi connectivity index (χ4v) is 1.80. The van der Waals surface area contributed by atoms with Crippen molar-refractivity contribution < 1.29 is 10.2 Å². The molecule has 1 heterocycles. The van der Waals surface area contributed by atoms with Gasteiger partial charge in [-0.05, 0) is 38.8 Å². The lowest BCUT2D eigenvalue weighted by atomic mass is 9.93. The number of rotatable bonds is 3. The van der Waals surface area contributed by atoms with Crippen molar-refractivity contribution >= 4 is 0 Å². The second-order valence-electron chi connectivity index (χ2n) is 4.48. The van der Waals surface area contributed by atoms with Crippen molar-refractivity contribution in [3.63, 3.8) is 0 Å². The van der Waals surface area contributed by atoms with Crippen molar-refractivity contribution in [2.45, 2.75) is 32.2 Å². The lowest BCUT2D eigenvalue weighted by Gasteiger charge is -2.42. The fourth-order valence-electron chi connectivity index (χ4n) is 1.80. The van der Waals surface area contributed by atoms with Crippen LogP contribution in [0, 0.1) is 5.92 Å². The highest BCUT2D eigenvalue weighted by Gasteiger charge is 2.32. The summed E-state index contributed by atoms with van der Waals surface area (Å²) in [6.45, 7) is 6.25. The van der Waals surface area contributed by atoms with Gasteiger partial charge in [-0.25, -0.2) is 0 Å². The Balaban J connectivity index is 2.51. The number of hydrogen-bond donors (Lipinski definition) is 2. The summed E-state index contributed by atoms with van der Waals surface area (Å²) in [7, 11) is 0. The predicted molar refractivity (Wildman–Crippen MR) is 52.5 cm³/mol. The molecule has 0 aromatic carbocycles. The summed E-state index contributed by atoms with van der Waals surface area (Å²) in [6, 6.07) is 0. The minimum atomic E-state index is -0.417. The highest BCUT2D eigenvalue weighted by Crippen LogP contribution is 2.23. The van der Waals surface area contributed by atoms with Crippen molar-refractivity contribution in [2.24, 2.45) is 5.92 Å². The average molecular weight is 187 g/mol. The van der Waals surface area contributed by atoms with E-state index in [1.54, 1.807) is 0 Å². The van der Waals surface area contributed by atoms with Crippen molar-refractivity contribution in [1.82, 2.24) is 4.90 Å². The highest BCUT2D eigenvalue weighted by atomic mass is 16.3. The predicted octanol–water partition coefficient (Wildman–Crippen LogP) is 0.462. The third-order valence-corrected chi connectivity index (χ3v) is 3.23. The van der Waals surface area contributed by atoms with Crippen LogP contribution in [-0.2, 0) is 0 Å². The third kappa shape index (κ3) is 2.42. The molecule has 0 spiro atoms. The summed E-state index contributed by atoms with van der Waals surface area (Å²) in [4.78, 5) is 2.20. The fraction of sp³-hybridized carbons (Fsp3) is 1.00. The SMILES string of the molecule is CC1CCN(C(C)(CO)CO)CC1. The van der Waals surface area contributed by atoms with E-state index in [0.29, 0.717) is 0 Å². The van der Waals surface area contributed by atoms with Gasteiger partial charge in [0, 0.05) is 0 Å². The molecule has 0 aliphatic carbocycles. The zero-order valence-corrected chi connectivity index (χ0v) is 8.66. The molecular formula is C10H21NO2. The molecule has 0 radical (unpaired) electrons. The molecule has 0 unspecified atom stereocenters. The van der Waals surface area contributed by atoms with Crippen LogP contribution in [0.4, 0.5) is 0 Å². The molecule has 13 heavy (non-hydrogen) atoms. The van der Waals surface area contributed by atoms with Gasteiger partial charge in [0.15, 0.2) is 0 Å². The van der Waals surface area contributed by atoms with Crippen LogP contribution in [0.5, 0.6) is 0 Å². The maximum atomic E-state index is 9.20. The first kappa shape index (κ1) is 11.0. The second kappa shape index (κ2) is 4.40. The summed E-state index contributed by atoms with van der Waals surface area (Å²) in [6.07, 6.45) is 2.35.